The van der Waals surface area contributed by atoms with Crippen LogP contribution in [0.4, 0.5) is 4.39 Å². The molecule has 0 spiro atoms. The van der Waals surface area contributed by atoms with Crippen LogP contribution in [0.2, 0.25) is 5.02 Å². The number of rotatable bonds is 7. The van der Waals surface area contributed by atoms with E-state index in [9.17, 15) is 4.39 Å². The predicted molar refractivity (Wildman–Crippen MR) is 149 cm³/mol. The molecular formula is C30H33ClFN5O. The number of benzene rings is 2. The first kappa shape index (κ1) is 26.2. The van der Waals surface area contributed by atoms with E-state index < -0.39 is 0 Å². The normalized spacial score (nSPS) is 17.5. The fourth-order valence-electron chi connectivity index (χ4n) is 5.50. The maximum atomic E-state index is 14.6. The third-order valence-corrected chi connectivity index (χ3v) is 7.76. The van der Waals surface area contributed by atoms with Gasteiger partial charge in [-0.2, -0.15) is 5.10 Å². The second-order valence-corrected chi connectivity index (χ2v) is 10.4. The van der Waals surface area contributed by atoms with Crippen molar-refractivity contribution in [1.29, 1.82) is 0 Å². The van der Waals surface area contributed by atoms with Gasteiger partial charge in [0, 0.05) is 41.5 Å². The number of hydrogen-bond acceptors (Lipinski definition) is 5. The molecule has 1 unspecified atom stereocenters. The molecule has 5 rings (SSSR count). The summed E-state index contributed by atoms with van der Waals surface area (Å²) in [5, 5.41) is 5.51. The number of aryl methyl sites for hydroxylation is 2. The average molecular weight is 534 g/mol. The van der Waals surface area contributed by atoms with Crippen LogP contribution in [0.5, 0.6) is 5.75 Å². The Morgan fingerprint density at radius 2 is 2.08 bits per heavy atom. The molecule has 0 radical (unpaired) electrons. The van der Waals surface area contributed by atoms with Gasteiger partial charge in [-0.3, -0.25) is 0 Å². The Morgan fingerprint density at radius 1 is 1.26 bits per heavy atom. The van der Waals surface area contributed by atoms with Crippen molar-refractivity contribution in [2.24, 2.45) is 13.0 Å². The summed E-state index contributed by atoms with van der Waals surface area (Å²) < 4.78 is 22.8. The summed E-state index contributed by atoms with van der Waals surface area (Å²) in [6, 6.07) is 10.8. The lowest BCUT2D eigenvalue weighted by Crippen LogP contribution is -2.24. The van der Waals surface area contributed by atoms with Gasteiger partial charge in [0.05, 0.1) is 11.1 Å². The highest BCUT2D eigenvalue weighted by Gasteiger charge is 2.30. The van der Waals surface area contributed by atoms with Crippen molar-refractivity contribution in [2.75, 3.05) is 6.54 Å². The van der Waals surface area contributed by atoms with Crippen LogP contribution in [-0.2, 0) is 13.7 Å². The standard InChI is InChI=1S/C30H33ClFN5O/c1-6-8-27-18(2)11-12-37(27)20(4)23-14-21(32)15-26(31)25(23)16-38-28-10-7-9-22-24(13-19(3)35-29(22)28)30-33-17-34-36(30)5/h7-10,13-15,17-18,20H,6,11-12,16H2,1-5H3/b27-8-/t18?,20-/m0/s1. The highest BCUT2D eigenvalue weighted by atomic mass is 35.5. The Hall–Kier alpha value is -3.45. The van der Waals surface area contributed by atoms with Crippen LogP contribution >= 0.6 is 11.6 Å². The van der Waals surface area contributed by atoms with E-state index in [1.807, 2.05) is 38.2 Å². The Labute approximate surface area is 228 Å². The summed E-state index contributed by atoms with van der Waals surface area (Å²) >= 11 is 6.64. The van der Waals surface area contributed by atoms with E-state index in [2.05, 4.69) is 41.8 Å². The van der Waals surface area contributed by atoms with Gasteiger partial charge in [-0.1, -0.05) is 43.7 Å². The molecule has 0 saturated carbocycles. The second-order valence-electron chi connectivity index (χ2n) is 10.0. The fourth-order valence-corrected chi connectivity index (χ4v) is 5.76. The number of pyridine rings is 1. The van der Waals surface area contributed by atoms with E-state index in [0.29, 0.717) is 16.7 Å². The smallest absolute Gasteiger partial charge is 0.158 e. The molecular weight excluding hydrogens is 501 g/mol. The lowest BCUT2D eigenvalue weighted by molar-refractivity contribution is 0.285. The number of ether oxygens (including phenoxy) is 1. The van der Waals surface area contributed by atoms with Gasteiger partial charge in [-0.25, -0.2) is 19.0 Å². The van der Waals surface area contributed by atoms with Crippen molar-refractivity contribution in [3.8, 4) is 17.1 Å². The van der Waals surface area contributed by atoms with Crippen LogP contribution in [0, 0.1) is 18.7 Å². The third-order valence-electron chi connectivity index (χ3n) is 7.42. The summed E-state index contributed by atoms with van der Waals surface area (Å²) in [4.78, 5) is 11.6. The van der Waals surface area contributed by atoms with Gasteiger partial charge in [0.1, 0.15) is 30.0 Å². The molecule has 3 heterocycles. The number of aromatic nitrogens is 4. The van der Waals surface area contributed by atoms with E-state index in [1.54, 1.807) is 17.1 Å². The maximum Gasteiger partial charge on any atom is 0.158 e. The molecule has 198 valence electrons. The molecule has 1 aliphatic heterocycles. The predicted octanol–water partition coefficient (Wildman–Crippen LogP) is 7.41. The van der Waals surface area contributed by atoms with E-state index in [4.69, 9.17) is 21.3 Å². The highest BCUT2D eigenvalue weighted by Crippen LogP contribution is 2.39. The van der Waals surface area contributed by atoms with Crippen LogP contribution in [0.3, 0.4) is 0 Å². The zero-order chi connectivity index (χ0) is 27.0. The lowest BCUT2D eigenvalue weighted by atomic mass is 9.99. The Morgan fingerprint density at radius 3 is 2.82 bits per heavy atom. The zero-order valence-corrected chi connectivity index (χ0v) is 23.3. The van der Waals surface area contributed by atoms with Gasteiger partial charge < -0.3 is 9.64 Å². The van der Waals surface area contributed by atoms with Crippen molar-refractivity contribution < 1.29 is 9.13 Å². The van der Waals surface area contributed by atoms with Crippen molar-refractivity contribution in [3.63, 3.8) is 0 Å². The molecule has 0 N–H and O–H groups in total. The summed E-state index contributed by atoms with van der Waals surface area (Å²) in [7, 11) is 1.87. The van der Waals surface area contributed by atoms with Gasteiger partial charge in [0.15, 0.2) is 5.82 Å². The Kier molecular flexibility index (Phi) is 7.39. The lowest BCUT2D eigenvalue weighted by Gasteiger charge is -2.31. The van der Waals surface area contributed by atoms with E-state index in [1.165, 1.54) is 11.8 Å². The van der Waals surface area contributed by atoms with Gasteiger partial charge in [-0.15, -0.1) is 0 Å². The number of para-hydroxylation sites is 1. The number of likely N-dealkylation sites (tertiary alicyclic amines) is 1. The SMILES string of the molecule is CC/C=C1/C(C)CCN1[C@@H](C)c1cc(F)cc(Cl)c1COc1cccc2c(-c3ncnn3C)cc(C)nc12. The summed E-state index contributed by atoms with van der Waals surface area (Å²) in [6.07, 6.45) is 5.87. The highest BCUT2D eigenvalue weighted by molar-refractivity contribution is 6.31. The number of halogens is 2. The topological polar surface area (TPSA) is 56.1 Å². The van der Waals surface area contributed by atoms with Crippen LogP contribution < -0.4 is 4.74 Å². The molecule has 8 heteroatoms. The van der Waals surface area contributed by atoms with E-state index in [0.717, 1.165) is 58.5 Å². The fraction of sp³-hybridized carbons (Fsp3) is 0.367. The number of fused-ring (bicyclic) bond motifs is 1. The molecule has 2 atom stereocenters. The van der Waals surface area contributed by atoms with Crippen LogP contribution in [0.25, 0.3) is 22.3 Å². The van der Waals surface area contributed by atoms with Crippen LogP contribution in [-0.4, -0.2) is 31.2 Å². The molecule has 2 aromatic heterocycles. The molecule has 1 aliphatic rings. The monoisotopic (exact) mass is 533 g/mol. The van der Waals surface area contributed by atoms with Gasteiger partial charge >= 0.3 is 0 Å². The van der Waals surface area contributed by atoms with E-state index in [-0.39, 0.29) is 18.5 Å². The minimum absolute atomic E-state index is 0.0417. The minimum atomic E-state index is -0.343. The quantitative estimate of drug-likeness (QED) is 0.247. The Balaban J connectivity index is 1.51. The number of nitrogens with zero attached hydrogens (tertiary/aromatic N) is 5. The molecule has 1 fully saturated rings. The van der Waals surface area contributed by atoms with Crippen molar-refractivity contribution in [3.05, 3.63) is 82.2 Å². The molecule has 0 aliphatic carbocycles. The van der Waals surface area contributed by atoms with E-state index >= 15 is 0 Å². The van der Waals surface area contributed by atoms with Crippen LogP contribution in [0.1, 0.15) is 56.5 Å². The first-order chi connectivity index (χ1) is 18.3. The molecule has 38 heavy (non-hydrogen) atoms. The van der Waals surface area contributed by atoms with Crippen molar-refractivity contribution in [2.45, 2.75) is 53.2 Å². The van der Waals surface area contributed by atoms with Crippen molar-refractivity contribution in [1.82, 2.24) is 24.6 Å². The minimum Gasteiger partial charge on any atom is -0.487 e. The Bertz CT molecular complexity index is 1510. The second kappa shape index (κ2) is 10.7. The number of hydrogen-bond donors (Lipinski definition) is 0. The van der Waals surface area contributed by atoms with Gasteiger partial charge in [0.25, 0.3) is 0 Å². The third kappa shape index (κ3) is 4.87. The summed E-state index contributed by atoms with van der Waals surface area (Å²) in [5.74, 6) is 1.53. The largest absolute Gasteiger partial charge is 0.487 e. The van der Waals surface area contributed by atoms with Gasteiger partial charge in [-0.05, 0) is 62.4 Å². The molecule has 0 amide bonds. The van der Waals surface area contributed by atoms with Gasteiger partial charge in [0.2, 0.25) is 0 Å². The molecule has 4 aromatic rings. The van der Waals surface area contributed by atoms with Crippen LogP contribution in [0.15, 0.2) is 54.5 Å². The first-order valence-corrected chi connectivity index (χ1v) is 13.5. The summed E-state index contributed by atoms with van der Waals surface area (Å²) in [5.41, 5.74) is 5.46. The number of allylic oxidation sites excluding steroid dienone is 2. The first-order valence-electron chi connectivity index (χ1n) is 13.1. The van der Waals surface area contributed by atoms with Crippen molar-refractivity contribution >= 4 is 22.5 Å². The molecule has 2 aromatic carbocycles. The molecule has 0 bridgehead atoms. The molecule has 6 nitrogen and oxygen atoms in total. The zero-order valence-electron chi connectivity index (χ0n) is 22.5. The maximum absolute atomic E-state index is 14.6. The summed E-state index contributed by atoms with van der Waals surface area (Å²) in [6.45, 7) is 9.59. The average Bonchev–Trinajstić information content (AvgIpc) is 3.47. The molecule has 1 saturated heterocycles.